The summed E-state index contributed by atoms with van der Waals surface area (Å²) in [6.45, 7) is 5.14. The first-order chi connectivity index (χ1) is 8.03. The SMILES string of the molecule is CNC1CCC(C)(C)CN(c2ccoc2)C1=O. The van der Waals surface area contributed by atoms with Crippen LogP contribution < -0.4 is 10.2 Å². The van der Waals surface area contributed by atoms with Gasteiger partial charge in [-0.2, -0.15) is 0 Å². The van der Waals surface area contributed by atoms with Crippen LogP contribution in [0.2, 0.25) is 0 Å². The van der Waals surface area contributed by atoms with Crippen LogP contribution in [0.1, 0.15) is 26.7 Å². The Hall–Kier alpha value is -1.29. The van der Waals surface area contributed by atoms with Crippen LogP contribution in [0.4, 0.5) is 5.69 Å². The highest BCUT2D eigenvalue weighted by Gasteiger charge is 2.34. The summed E-state index contributed by atoms with van der Waals surface area (Å²) in [5.41, 5.74) is 0.989. The first-order valence-electron chi connectivity index (χ1n) is 6.04. The van der Waals surface area contributed by atoms with Gasteiger partial charge in [0.15, 0.2) is 0 Å². The number of nitrogens with zero attached hydrogens (tertiary/aromatic N) is 1. The van der Waals surface area contributed by atoms with Crippen molar-refractivity contribution in [2.24, 2.45) is 5.41 Å². The van der Waals surface area contributed by atoms with Crippen LogP contribution in [-0.2, 0) is 4.79 Å². The van der Waals surface area contributed by atoms with Crippen LogP contribution in [0.25, 0.3) is 0 Å². The van der Waals surface area contributed by atoms with Crippen molar-refractivity contribution in [3.8, 4) is 0 Å². The van der Waals surface area contributed by atoms with Gasteiger partial charge in [-0.3, -0.25) is 4.79 Å². The second-order valence-electron chi connectivity index (χ2n) is 5.45. The summed E-state index contributed by atoms with van der Waals surface area (Å²) < 4.78 is 5.08. The molecule has 2 rings (SSSR count). The van der Waals surface area contributed by atoms with Gasteiger partial charge >= 0.3 is 0 Å². The molecule has 0 spiro atoms. The van der Waals surface area contributed by atoms with Gasteiger partial charge in [-0.15, -0.1) is 0 Å². The van der Waals surface area contributed by atoms with E-state index in [1.807, 2.05) is 18.0 Å². The maximum absolute atomic E-state index is 12.4. The minimum atomic E-state index is -0.0910. The number of carbonyl (C=O) groups is 1. The minimum Gasteiger partial charge on any atom is -0.470 e. The second kappa shape index (κ2) is 4.53. The van der Waals surface area contributed by atoms with Gasteiger partial charge in [0.25, 0.3) is 0 Å². The molecule has 17 heavy (non-hydrogen) atoms. The Morgan fingerprint density at radius 2 is 2.29 bits per heavy atom. The smallest absolute Gasteiger partial charge is 0.244 e. The highest BCUT2D eigenvalue weighted by Crippen LogP contribution is 2.31. The van der Waals surface area contributed by atoms with E-state index in [0.717, 1.165) is 25.1 Å². The fraction of sp³-hybridized carbons (Fsp3) is 0.615. The number of furan rings is 1. The average molecular weight is 236 g/mol. The van der Waals surface area contributed by atoms with Gasteiger partial charge in [0.2, 0.25) is 5.91 Å². The first-order valence-corrected chi connectivity index (χ1v) is 6.04. The van der Waals surface area contributed by atoms with E-state index in [0.29, 0.717) is 0 Å². The molecule has 0 bridgehead atoms. The van der Waals surface area contributed by atoms with Crippen molar-refractivity contribution in [2.75, 3.05) is 18.5 Å². The Bertz CT molecular complexity index is 384. The van der Waals surface area contributed by atoms with Crippen molar-refractivity contribution in [1.82, 2.24) is 5.32 Å². The summed E-state index contributed by atoms with van der Waals surface area (Å²) >= 11 is 0. The molecule has 4 heteroatoms. The summed E-state index contributed by atoms with van der Waals surface area (Å²) in [5.74, 6) is 0.138. The number of anilines is 1. The number of hydrogen-bond donors (Lipinski definition) is 1. The highest BCUT2D eigenvalue weighted by molar-refractivity contribution is 5.97. The Balaban J connectivity index is 2.29. The molecule has 1 unspecified atom stereocenters. The van der Waals surface area contributed by atoms with Crippen molar-refractivity contribution < 1.29 is 9.21 Å². The van der Waals surface area contributed by atoms with Gasteiger partial charge in [0.05, 0.1) is 18.0 Å². The monoisotopic (exact) mass is 236 g/mol. The molecule has 1 fully saturated rings. The minimum absolute atomic E-state index is 0.0910. The third-order valence-corrected chi connectivity index (χ3v) is 3.43. The van der Waals surface area contributed by atoms with Crippen molar-refractivity contribution >= 4 is 11.6 Å². The van der Waals surface area contributed by atoms with Crippen molar-refractivity contribution in [3.05, 3.63) is 18.6 Å². The van der Waals surface area contributed by atoms with Crippen LogP contribution in [0, 0.1) is 5.41 Å². The number of amides is 1. The molecule has 0 aromatic carbocycles. The molecule has 1 saturated heterocycles. The molecule has 1 aliphatic heterocycles. The summed E-state index contributed by atoms with van der Waals surface area (Å²) in [6.07, 6.45) is 5.16. The lowest BCUT2D eigenvalue weighted by atomic mass is 9.87. The van der Waals surface area contributed by atoms with E-state index in [1.165, 1.54) is 0 Å². The average Bonchev–Trinajstić information content (AvgIpc) is 2.76. The molecule has 0 aliphatic carbocycles. The van der Waals surface area contributed by atoms with E-state index in [2.05, 4.69) is 19.2 Å². The predicted octanol–water partition coefficient (Wildman–Crippen LogP) is 2.02. The molecule has 1 atom stereocenters. The van der Waals surface area contributed by atoms with Gasteiger partial charge in [-0.25, -0.2) is 0 Å². The van der Waals surface area contributed by atoms with Crippen LogP contribution >= 0.6 is 0 Å². The van der Waals surface area contributed by atoms with E-state index in [9.17, 15) is 4.79 Å². The maximum Gasteiger partial charge on any atom is 0.244 e. The third kappa shape index (κ3) is 2.52. The molecular formula is C13H20N2O2. The number of likely N-dealkylation sites (N-methyl/N-ethyl adjacent to an activating group) is 1. The number of hydrogen-bond acceptors (Lipinski definition) is 3. The third-order valence-electron chi connectivity index (χ3n) is 3.43. The van der Waals surface area contributed by atoms with Gasteiger partial charge in [0.1, 0.15) is 6.26 Å². The summed E-state index contributed by atoms with van der Waals surface area (Å²) in [5, 5.41) is 3.10. The molecule has 0 radical (unpaired) electrons. The molecule has 0 saturated carbocycles. The first kappa shape index (κ1) is 12.2. The number of nitrogens with one attached hydrogen (secondary N) is 1. The van der Waals surface area contributed by atoms with Crippen LogP contribution in [0.3, 0.4) is 0 Å². The molecule has 1 aromatic rings. The van der Waals surface area contributed by atoms with E-state index in [1.54, 1.807) is 12.5 Å². The Morgan fingerprint density at radius 1 is 1.53 bits per heavy atom. The van der Waals surface area contributed by atoms with Gasteiger partial charge < -0.3 is 14.6 Å². The molecule has 1 amide bonds. The fourth-order valence-electron chi connectivity index (χ4n) is 2.33. The maximum atomic E-state index is 12.4. The van der Waals surface area contributed by atoms with Crippen molar-refractivity contribution in [1.29, 1.82) is 0 Å². The lowest BCUT2D eigenvalue weighted by Gasteiger charge is -2.28. The zero-order valence-corrected chi connectivity index (χ0v) is 10.7. The van der Waals surface area contributed by atoms with Crippen LogP contribution in [-0.4, -0.2) is 25.5 Å². The molecule has 2 heterocycles. The summed E-state index contributed by atoms with van der Waals surface area (Å²) in [4.78, 5) is 14.2. The Kier molecular flexibility index (Phi) is 3.24. The zero-order chi connectivity index (χ0) is 12.5. The topological polar surface area (TPSA) is 45.5 Å². The molecule has 4 nitrogen and oxygen atoms in total. The van der Waals surface area contributed by atoms with Crippen LogP contribution in [0.15, 0.2) is 23.0 Å². The highest BCUT2D eigenvalue weighted by atomic mass is 16.3. The fourth-order valence-corrected chi connectivity index (χ4v) is 2.33. The second-order valence-corrected chi connectivity index (χ2v) is 5.45. The van der Waals surface area contributed by atoms with E-state index < -0.39 is 0 Å². The lowest BCUT2D eigenvalue weighted by molar-refractivity contribution is -0.120. The van der Waals surface area contributed by atoms with E-state index in [4.69, 9.17) is 4.42 Å². The number of carbonyl (C=O) groups excluding carboxylic acids is 1. The largest absolute Gasteiger partial charge is 0.470 e. The van der Waals surface area contributed by atoms with Gasteiger partial charge in [-0.05, 0) is 25.3 Å². The standard InChI is InChI=1S/C13H20N2O2/c1-13(2)6-4-11(14-3)12(16)15(9-13)10-5-7-17-8-10/h5,7-8,11,14H,4,6,9H2,1-3H3. The number of rotatable bonds is 2. The summed E-state index contributed by atoms with van der Waals surface area (Å²) in [6, 6.07) is 1.75. The van der Waals surface area contributed by atoms with Crippen LogP contribution in [0.5, 0.6) is 0 Å². The van der Waals surface area contributed by atoms with Gasteiger partial charge in [-0.1, -0.05) is 13.8 Å². The molecule has 94 valence electrons. The zero-order valence-electron chi connectivity index (χ0n) is 10.7. The van der Waals surface area contributed by atoms with Gasteiger partial charge in [0, 0.05) is 12.6 Å². The van der Waals surface area contributed by atoms with E-state index in [-0.39, 0.29) is 17.4 Å². The lowest BCUT2D eigenvalue weighted by Crippen LogP contribution is -2.45. The van der Waals surface area contributed by atoms with Crippen molar-refractivity contribution in [2.45, 2.75) is 32.7 Å². The molecule has 1 aromatic heterocycles. The van der Waals surface area contributed by atoms with E-state index >= 15 is 0 Å². The Labute approximate surface area is 102 Å². The Morgan fingerprint density at radius 3 is 2.88 bits per heavy atom. The summed E-state index contributed by atoms with van der Waals surface area (Å²) in [7, 11) is 1.84. The molecule has 1 N–H and O–H groups in total. The molecular weight excluding hydrogens is 216 g/mol. The quantitative estimate of drug-likeness (QED) is 0.854. The van der Waals surface area contributed by atoms with Crippen molar-refractivity contribution in [3.63, 3.8) is 0 Å². The predicted molar refractivity (Wildman–Crippen MR) is 66.9 cm³/mol. The molecule has 1 aliphatic rings. The normalized spacial score (nSPS) is 24.8.